The Morgan fingerprint density at radius 2 is 1.92 bits per heavy atom. The maximum absolute atomic E-state index is 12.8. The van der Waals surface area contributed by atoms with Gasteiger partial charge in [-0.15, -0.1) is 15.3 Å². The molecule has 0 aliphatic carbocycles. The van der Waals surface area contributed by atoms with Gasteiger partial charge in [0, 0.05) is 19.0 Å². The van der Waals surface area contributed by atoms with Gasteiger partial charge in [-0.05, 0) is 30.7 Å². The van der Waals surface area contributed by atoms with E-state index in [0.29, 0.717) is 15.9 Å². The van der Waals surface area contributed by atoms with Crippen LogP contribution in [-0.4, -0.2) is 43.7 Å². The van der Waals surface area contributed by atoms with Crippen molar-refractivity contribution in [3.63, 3.8) is 0 Å². The lowest BCUT2D eigenvalue weighted by Gasteiger charge is -2.31. The summed E-state index contributed by atoms with van der Waals surface area (Å²) < 4.78 is 1.71. The van der Waals surface area contributed by atoms with Crippen LogP contribution in [0.3, 0.4) is 0 Å². The second-order valence-corrected chi connectivity index (χ2v) is 8.20. The number of likely N-dealkylation sites (tertiary alicyclic amines) is 1. The molecule has 136 valence electrons. The smallest absolute Gasteiger partial charge is 0.284 e. The van der Waals surface area contributed by atoms with Gasteiger partial charge in [-0.3, -0.25) is 4.79 Å². The van der Waals surface area contributed by atoms with Crippen molar-refractivity contribution in [2.45, 2.75) is 39.0 Å². The highest BCUT2D eigenvalue weighted by molar-refractivity contribution is 7.18. The number of fused-ring (bicyclic) bond motifs is 1. The molecule has 3 aromatic rings. The van der Waals surface area contributed by atoms with Gasteiger partial charge in [0.15, 0.2) is 5.82 Å². The van der Waals surface area contributed by atoms with E-state index in [1.165, 1.54) is 16.9 Å². The van der Waals surface area contributed by atoms with Gasteiger partial charge in [-0.2, -0.15) is 4.52 Å². The van der Waals surface area contributed by atoms with Gasteiger partial charge in [0.2, 0.25) is 9.97 Å². The molecule has 6 nitrogen and oxygen atoms in total. The Bertz CT molecular complexity index is 893. The SMILES string of the molecule is CC(C)c1nnc2sc(C(=O)N3CCC(Cc4ccccc4)CC3)nn12. The van der Waals surface area contributed by atoms with Crippen molar-refractivity contribution in [1.29, 1.82) is 0 Å². The summed E-state index contributed by atoms with van der Waals surface area (Å²) in [6, 6.07) is 10.6. The lowest BCUT2D eigenvalue weighted by molar-refractivity contribution is 0.0689. The van der Waals surface area contributed by atoms with Crippen LogP contribution in [0.4, 0.5) is 0 Å². The first-order valence-electron chi connectivity index (χ1n) is 9.17. The molecule has 0 atom stereocenters. The van der Waals surface area contributed by atoms with Crippen LogP contribution in [-0.2, 0) is 6.42 Å². The number of nitrogens with zero attached hydrogens (tertiary/aromatic N) is 5. The second-order valence-electron chi connectivity index (χ2n) is 7.24. The van der Waals surface area contributed by atoms with E-state index in [0.717, 1.165) is 38.2 Å². The molecule has 0 saturated carbocycles. The predicted molar refractivity (Wildman–Crippen MR) is 102 cm³/mol. The summed E-state index contributed by atoms with van der Waals surface area (Å²) in [5.74, 6) is 1.70. The summed E-state index contributed by atoms with van der Waals surface area (Å²) in [5, 5.41) is 13.3. The van der Waals surface area contributed by atoms with E-state index in [-0.39, 0.29) is 11.8 Å². The highest BCUT2D eigenvalue weighted by Crippen LogP contribution is 2.25. The first kappa shape index (κ1) is 17.1. The molecule has 26 heavy (non-hydrogen) atoms. The maximum Gasteiger partial charge on any atom is 0.284 e. The standard InChI is InChI=1S/C19H23N5OS/c1-13(2)16-20-21-19-24(16)22-17(26-19)18(25)23-10-8-15(9-11-23)12-14-6-4-3-5-7-14/h3-7,13,15H,8-12H2,1-2H3. The minimum absolute atomic E-state index is 0.0216. The Hall–Kier alpha value is -2.28. The number of hydrogen-bond acceptors (Lipinski definition) is 5. The minimum atomic E-state index is 0.0216. The van der Waals surface area contributed by atoms with Gasteiger partial charge in [0.25, 0.3) is 5.91 Å². The highest BCUT2D eigenvalue weighted by Gasteiger charge is 2.27. The van der Waals surface area contributed by atoms with Crippen molar-refractivity contribution in [3.8, 4) is 0 Å². The monoisotopic (exact) mass is 369 g/mol. The number of hydrogen-bond donors (Lipinski definition) is 0. The van der Waals surface area contributed by atoms with Gasteiger partial charge in [0.1, 0.15) is 0 Å². The van der Waals surface area contributed by atoms with E-state index in [1.54, 1.807) is 4.52 Å². The van der Waals surface area contributed by atoms with Crippen LogP contribution in [0.25, 0.3) is 4.96 Å². The predicted octanol–water partition coefficient (Wildman–Crippen LogP) is 3.40. The quantitative estimate of drug-likeness (QED) is 0.707. The van der Waals surface area contributed by atoms with Crippen molar-refractivity contribution in [1.82, 2.24) is 24.7 Å². The first-order valence-corrected chi connectivity index (χ1v) is 9.99. The van der Waals surface area contributed by atoms with Crippen molar-refractivity contribution in [2.75, 3.05) is 13.1 Å². The van der Waals surface area contributed by atoms with Gasteiger partial charge in [-0.25, -0.2) is 0 Å². The average molecular weight is 369 g/mol. The maximum atomic E-state index is 12.8. The van der Waals surface area contributed by atoms with E-state index >= 15 is 0 Å². The van der Waals surface area contributed by atoms with Crippen molar-refractivity contribution < 1.29 is 4.79 Å². The number of carbonyl (C=O) groups excluding carboxylic acids is 1. The van der Waals surface area contributed by atoms with Crippen LogP contribution in [0, 0.1) is 5.92 Å². The molecule has 1 amide bonds. The van der Waals surface area contributed by atoms with E-state index in [1.807, 2.05) is 4.90 Å². The first-order chi connectivity index (χ1) is 12.6. The van der Waals surface area contributed by atoms with Crippen LogP contribution in [0.5, 0.6) is 0 Å². The normalized spacial score (nSPS) is 15.9. The molecule has 0 unspecified atom stereocenters. The summed E-state index contributed by atoms with van der Waals surface area (Å²) in [6.07, 6.45) is 3.18. The molecule has 0 N–H and O–H groups in total. The van der Waals surface area contributed by atoms with Gasteiger partial charge in [-0.1, -0.05) is 55.5 Å². The number of benzene rings is 1. The Labute approximate surface area is 156 Å². The zero-order valence-corrected chi connectivity index (χ0v) is 15.9. The summed E-state index contributed by atoms with van der Waals surface area (Å²) in [5.41, 5.74) is 1.38. The third-order valence-corrected chi connectivity index (χ3v) is 5.87. The molecule has 1 aromatic carbocycles. The number of carbonyl (C=O) groups is 1. The molecule has 0 radical (unpaired) electrons. The van der Waals surface area contributed by atoms with Crippen LogP contribution in [0.15, 0.2) is 30.3 Å². The van der Waals surface area contributed by atoms with E-state index in [9.17, 15) is 4.79 Å². The summed E-state index contributed by atoms with van der Waals surface area (Å²) in [4.78, 5) is 15.4. The van der Waals surface area contributed by atoms with Crippen molar-refractivity contribution >= 4 is 22.2 Å². The fourth-order valence-corrected chi connectivity index (χ4v) is 4.32. The molecule has 1 saturated heterocycles. The molecule has 0 spiro atoms. The number of amides is 1. The molecule has 7 heteroatoms. The molecule has 1 aliphatic rings. The zero-order valence-electron chi connectivity index (χ0n) is 15.1. The van der Waals surface area contributed by atoms with E-state index in [2.05, 4.69) is 59.5 Å². The fraction of sp³-hybridized carbons (Fsp3) is 0.474. The molecular formula is C19H23N5OS. The second kappa shape index (κ2) is 7.15. The Morgan fingerprint density at radius 1 is 1.19 bits per heavy atom. The molecule has 4 rings (SSSR count). The van der Waals surface area contributed by atoms with Gasteiger partial charge >= 0.3 is 0 Å². The minimum Gasteiger partial charge on any atom is -0.337 e. The molecule has 1 aliphatic heterocycles. The molecule has 3 heterocycles. The fourth-order valence-electron chi connectivity index (χ4n) is 3.50. The number of piperidine rings is 1. The van der Waals surface area contributed by atoms with Crippen molar-refractivity contribution in [2.24, 2.45) is 5.92 Å². The Balaban J connectivity index is 1.40. The van der Waals surface area contributed by atoms with Gasteiger partial charge in [0.05, 0.1) is 0 Å². The van der Waals surface area contributed by atoms with Crippen LogP contribution in [0.1, 0.15) is 53.8 Å². The van der Waals surface area contributed by atoms with Gasteiger partial charge < -0.3 is 4.90 Å². The van der Waals surface area contributed by atoms with Crippen molar-refractivity contribution in [3.05, 3.63) is 46.7 Å². The lowest BCUT2D eigenvalue weighted by atomic mass is 9.90. The third-order valence-electron chi connectivity index (χ3n) is 4.98. The molecule has 1 fully saturated rings. The molecule has 2 aromatic heterocycles. The summed E-state index contributed by atoms with van der Waals surface area (Å²) >= 11 is 1.33. The zero-order chi connectivity index (χ0) is 18.1. The third kappa shape index (κ3) is 3.35. The van der Waals surface area contributed by atoms with E-state index < -0.39 is 0 Å². The average Bonchev–Trinajstić information content (AvgIpc) is 3.23. The largest absolute Gasteiger partial charge is 0.337 e. The molecular weight excluding hydrogens is 346 g/mol. The Kier molecular flexibility index (Phi) is 4.72. The lowest BCUT2D eigenvalue weighted by Crippen LogP contribution is -2.39. The summed E-state index contributed by atoms with van der Waals surface area (Å²) in [6.45, 7) is 5.70. The number of aromatic nitrogens is 4. The number of rotatable bonds is 4. The Morgan fingerprint density at radius 3 is 2.62 bits per heavy atom. The van der Waals surface area contributed by atoms with Crippen LogP contribution >= 0.6 is 11.3 Å². The van der Waals surface area contributed by atoms with E-state index in [4.69, 9.17) is 0 Å². The highest BCUT2D eigenvalue weighted by atomic mass is 32.1. The molecule has 0 bridgehead atoms. The summed E-state index contributed by atoms with van der Waals surface area (Å²) in [7, 11) is 0. The van der Waals surface area contributed by atoms with Crippen LogP contribution < -0.4 is 0 Å². The topological polar surface area (TPSA) is 63.4 Å². The van der Waals surface area contributed by atoms with Crippen LogP contribution in [0.2, 0.25) is 0 Å².